The molecular weight excluding hydrogens is 450 g/mol. The molecule has 176 valence electrons. The number of para-hydroxylation sites is 1. The van der Waals surface area contributed by atoms with Crippen LogP contribution in [0.4, 0.5) is 14.5 Å². The summed E-state index contributed by atoms with van der Waals surface area (Å²) in [6.07, 6.45) is -1.82. The molecule has 0 radical (unpaired) electrons. The van der Waals surface area contributed by atoms with Gasteiger partial charge in [0.05, 0.1) is 18.9 Å². The molecule has 1 aliphatic heterocycles. The van der Waals surface area contributed by atoms with Crippen molar-refractivity contribution in [1.82, 2.24) is 15.1 Å². The Kier molecular flexibility index (Phi) is 8.14. The van der Waals surface area contributed by atoms with Gasteiger partial charge in [0.15, 0.2) is 0 Å². The second-order valence-electron chi connectivity index (χ2n) is 7.65. The third-order valence-electron chi connectivity index (χ3n) is 5.34. The van der Waals surface area contributed by atoms with Crippen molar-refractivity contribution in [2.24, 2.45) is 0 Å². The Hall–Kier alpha value is -2.69. The Morgan fingerprint density at radius 3 is 2.55 bits per heavy atom. The lowest BCUT2D eigenvalue weighted by atomic mass is 10.1. The van der Waals surface area contributed by atoms with E-state index in [1.54, 1.807) is 12.1 Å². The first-order valence-corrected chi connectivity index (χ1v) is 12.1. The van der Waals surface area contributed by atoms with Gasteiger partial charge in [-0.2, -0.15) is 8.78 Å². The minimum absolute atomic E-state index is 0.0433. The molecule has 1 saturated heterocycles. The molecule has 33 heavy (non-hydrogen) atoms. The SMILES string of the molecule is O=S(CCN1CCCOCC1)N(Cc1ccc(-c2nnc(C(F)F)o2)cc1)c1ccccc1. The van der Waals surface area contributed by atoms with Crippen LogP contribution in [0.5, 0.6) is 0 Å². The first kappa shape index (κ1) is 23.5. The number of halogens is 2. The molecule has 1 unspecified atom stereocenters. The van der Waals surface area contributed by atoms with Crippen molar-refractivity contribution < 1.29 is 22.1 Å². The molecule has 0 N–H and O–H groups in total. The lowest BCUT2D eigenvalue weighted by Crippen LogP contribution is -2.35. The van der Waals surface area contributed by atoms with Gasteiger partial charge < -0.3 is 9.15 Å². The van der Waals surface area contributed by atoms with Gasteiger partial charge >= 0.3 is 6.43 Å². The molecule has 1 aliphatic rings. The molecule has 1 fully saturated rings. The van der Waals surface area contributed by atoms with Gasteiger partial charge in [0, 0.05) is 37.5 Å². The molecule has 4 rings (SSSR count). The number of nitrogens with zero attached hydrogens (tertiary/aromatic N) is 4. The summed E-state index contributed by atoms with van der Waals surface area (Å²) in [4.78, 5) is 2.29. The molecule has 1 atom stereocenters. The van der Waals surface area contributed by atoms with Crippen LogP contribution in [0, 0.1) is 0 Å². The Bertz CT molecular complexity index is 1030. The predicted molar refractivity (Wildman–Crippen MR) is 122 cm³/mol. The zero-order valence-electron chi connectivity index (χ0n) is 18.1. The molecule has 0 aliphatic carbocycles. The molecule has 3 aromatic rings. The largest absolute Gasteiger partial charge is 0.415 e. The van der Waals surface area contributed by atoms with Crippen molar-refractivity contribution in [3.8, 4) is 11.5 Å². The van der Waals surface area contributed by atoms with E-state index < -0.39 is 23.3 Å². The molecule has 0 saturated carbocycles. The lowest BCUT2D eigenvalue weighted by Gasteiger charge is -2.26. The average molecular weight is 477 g/mol. The van der Waals surface area contributed by atoms with Gasteiger partial charge in [-0.1, -0.05) is 30.3 Å². The van der Waals surface area contributed by atoms with E-state index >= 15 is 0 Å². The molecule has 1 aromatic heterocycles. The minimum atomic E-state index is -2.80. The van der Waals surface area contributed by atoms with Crippen LogP contribution in [-0.4, -0.2) is 57.9 Å². The van der Waals surface area contributed by atoms with E-state index in [0.29, 0.717) is 24.5 Å². The molecular formula is C23H26F2N4O3S. The molecule has 10 heteroatoms. The number of anilines is 1. The van der Waals surface area contributed by atoms with Crippen molar-refractivity contribution >= 4 is 16.7 Å². The predicted octanol–water partition coefficient (Wildman–Crippen LogP) is 4.07. The molecule has 2 heterocycles. The van der Waals surface area contributed by atoms with Crippen molar-refractivity contribution in [2.75, 3.05) is 42.9 Å². The zero-order chi connectivity index (χ0) is 23.0. The summed E-state index contributed by atoms with van der Waals surface area (Å²) in [6, 6.07) is 16.8. The van der Waals surface area contributed by atoms with Crippen molar-refractivity contribution in [3.05, 3.63) is 66.1 Å². The Morgan fingerprint density at radius 2 is 1.82 bits per heavy atom. The summed E-state index contributed by atoms with van der Waals surface area (Å²) in [6.45, 7) is 4.47. The summed E-state index contributed by atoms with van der Waals surface area (Å²) in [5.74, 6) is -0.136. The minimum Gasteiger partial charge on any atom is -0.415 e. The second kappa shape index (κ2) is 11.4. The normalized spacial score (nSPS) is 16.0. The Balaban J connectivity index is 1.45. The van der Waals surface area contributed by atoms with Crippen molar-refractivity contribution in [3.63, 3.8) is 0 Å². The monoisotopic (exact) mass is 476 g/mol. The van der Waals surface area contributed by atoms with Gasteiger partial charge in [0.25, 0.3) is 5.89 Å². The van der Waals surface area contributed by atoms with Crippen LogP contribution in [0.2, 0.25) is 0 Å². The maximum atomic E-state index is 13.3. The number of rotatable bonds is 9. The zero-order valence-corrected chi connectivity index (χ0v) is 18.9. The first-order chi connectivity index (χ1) is 16.1. The topological polar surface area (TPSA) is 71.7 Å². The van der Waals surface area contributed by atoms with Gasteiger partial charge in [0.2, 0.25) is 5.89 Å². The van der Waals surface area contributed by atoms with E-state index in [1.807, 2.05) is 46.8 Å². The van der Waals surface area contributed by atoms with E-state index in [0.717, 1.165) is 43.9 Å². The lowest BCUT2D eigenvalue weighted by molar-refractivity contribution is 0.116. The van der Waals surface area contributed by atoms with Crippen molar-refractivity contribution in [2.45, 2.75) is 19.4 Å². The van der Waals surface area contributed by atoms with E-state index in [2.05, 4.69) is 15.1 Å². The Labute approximate surface area is 194 Å². The van der Waals surface area contributed by atoms with E-state index in [9.17, 15) is 13.0 Å². The van der Waals surface area contributed by atoms with Crippen LogP contribution in [0.1, 0.15) is 24.3 Å². The van der Waals surface area contributed by atoms with Crippen LogP contribution in [0.3, 0.4) is 0 Å². The van der Waals surface area contributed by atoms with E-state index in [-0.39, 0.29) is 5.89 Å². The highest BCUT2D eigenvalue weighted by atomic mass is 32.2. The summed E-state index contributed by atoms with van der Waals surface area (Å²) in [5, 5.41) is 7.04. The highest BCUT2D eigenvalue weighted by Crippen LogP contribution is 2.25. The molecule has 0 bridgehead atoms. The molecule has 7 nitrogen and oxygen atoms in total. The summed E-state index contributed by atoms with van der Waals surface area (Å²) >= 11 is 0. The number of aromatic nitrogens is 2. The maximum Gasteiger partial charge on any atom is 0.314 e. The highest BCUT2D eigenvalue weighted by molar-refractivity contribution is 7.86. The Morgan fingerprint density at radius 1 is 1.03 bits per heavy atom. The van der Waals surface area contributed by atoms with Crippen LogP contribution in [0.25, 0.3) is 11.5 Å². The first-order valence-electron chi connectivity index (χ1n) is 10.8. The summed E-state index contributed by atoms with van der Waals surface area (Å²) < 4.78 is 51.1. The van der Waals surface area contributed by atoms with Crippen LogP contribution in [0.15, 0.2) is 59.0 Å². The van der Waals surface area contributed by atoms with Gasteiger partial charge in [-0.05, 0) is 36.2 Å². The third kappa shape index (κ3) is 6.43. The van der Waals surface area contributed by atoms with Crippen molar-refractivity contribution in [1.29, 1.82) is 0 Å². The number of hydrogen-bond acceptors (Lipinski definition) is 6. The number of hydrogen-bond donors (Lipinski definition) is 0. The van der Waals surface area contributed by atoms with Crippen LogP contribution in [-0.2, 0) is 22.3 Å². The number of alkyl halides is 2. The summed E-state index contributed by atoms with van der Waals surface area (Å²) in [5.41, 5.74) is 2.35. The fourth-order valence-electron chi connectivity index (χ4n) is 3.57. The maximum absolute atomic E-state index is 13.3. The van der Waals surface area contributed by atoms with Crippen LogP contribution < -0.4 is 4.31 Å². The van der Waals surface area contributed by atoms with Gasteiger partial charge in [-0.3, -0.25) is 9.21 Å². The molecule has 0 spiro atoms. The van der Waals surface area contributed by atoms with Gasteiger partial charge in [-0.15, -0.1) is 10.2 Å². The number of ether oxygens (including phenoxy) is 1. The third-order valence-corrected chi connectivity index (χ3v) is 6.70. The van der Waals surface area contributed by atoms with E-state index in [1.165, 1.54) is 0 Å². The van der Waals surface area contributed by atoms with Gasteiger partial charge in [0.1, 0.15) is 11.0 Å². The smallest absolute Gasteiger partial charge is 0.314 e. The fourth-order valence-corrected chi connectivity index (χ4v) is 4.86. The van der Waals surface area contributed by atoms with Crippen LogP contribution >= 0.6 is 0 Å². The standard InChI is InChI=1S/C23H26F2N4O3S/c24-21(25)23-27-26-22(32-23)19-9-7-18(8-10-19)17-29(20-5-2-1-3-6-20)33(30)16-13-28-11-4-14-31-15-12-28/h1-3,5-10,21H,4,11-17H2. The average Bonchev–Trinajstić information content (AvgIpc) is 3.20. The quantitative estimate of drug-likeness (QED) is 0.464. The van der Waals surface area contributed by atoms with E-state index in [4.69, 9.17) is 9.15 Å². The van der Waals surface area contributed by atoms with Gasteiger partial charge in [-0.25, -0.2) is 4.21 Å². The fraction of sp³-hybridized carbons (Fsp3) is 0.391. The summed E-state index contributed by atoms with van der Waals surface area (Å²) in [7, 11) is -1.23. The second-order valence-corrected chi connectivity index (χ2v) is 9.14. The molecule has 2 aromatic carbocycles. The molecule has 0 amide bonds. The highest BCUT2D eigenvalue weighted by Gasteiger charge is 2.19. The number of benzene rings is 2.